The fourth-order valence-electron chi connectivity index (χ4n) is 2.00. The van der Waals surface area contributed by atoms with Crippen molar-refractivity contribution in [1.29, 1.82) is 0 Å². The van der Waals surface area contributed by atoms with Crippen molar-refractivity contribution in [3.05, 3.63) is 57.9 Å². The van der Waals surface area contributed by atoms with E-state index in [1.165, 1.54) is 11.2 Å². The molecule has 9 heteroatoms. The van der Waals surface area contributed by atoms with Gasteiger partial charge >= 0.3 is 5.97 Å². The van der Waals surface area contributed by atoms with Crippen molar-refractivity contribution in [2.24, 2.45) is 0 Å². The van der Waals surface area contributed by atoms with Crippen LogP contribution in [0.5, 0.6) is 0 Å². The Morgan fingerprint density at radius 2 is 1.89 bits per heavy atom. The number of nitrogens with one attached hydrogen (secondary N) is 1. The standard InChI is InChI=1S/C15H10IN3O2.C3H7NO.ClH/c16-10-4-5-13-12(7-10)14(18-8-17-13)19-11-3-1-2-9(6-11)15(20)21;1-4(2)3-5;/h1-8H,(H,20,21)(H,17,18,19);3H,1-2H3;1H. The minimum absolute atomic E-state index is 0. The van der Waals surface area contributed by atoms with Gasteiger partial charge in [0.05, 0.1) is 11.1 Å². The molecule has 0 aliphatic rings. The van der Waals surface area contributed by atoms with E-state index in [9.17, 15) is 9.59 Å². The SMILES string of the molecule is CN(C)C=O.Cl.O=C(O)c1cccc(Nc2ncnc3ccc(I)cc23)c1. The number of halogens is 2. The molecular formula is C18H18ClIN4O3. The van der Waals surface area contributed by atoms with Crippen LogP contribution in [0.15, 0.2) is 48.8 Å². The summed E-state index contributed by atoms with van der Waals surface area (Å²) in [7, 11) is 3.38. The number of carboxylic acid groups (broad SMARTS) is 1. The molecule has 2 aromatic carbocycles. The van der Waals surface area contributed by atoms with Crippen LogP contribution in [-0.2, 0) is 4.79 Å². The summed E-state index contributed by atoms with van der Waals surface area (Å²) in [5.74, 6) is -0.304. The van der Waals surface area contributed by atoms with Gasteiger partial charge in [0, 0.05) is 28.7 Å². The Morgan fingerprint density at radius 3 is 2.52 bits per heavy atom. The average Bonchev–Trinajstić information content (AvgIpc) is 2.63. The largest absolute Gasteiger partial charge is 0.478 e. The molecule has 1 aromatic heterocycles. The van der Waals surface area contributed by atoms with Gasteiger partial charge in [0.25, 0.3) is 0 Å². The van der Waals surface area contributed by atoms with Gasteiger partial charge in [-0.2, -0.15) is 0 Å². The molecule has 0 aliphatic heterocycles. The Bertz CT molecular complexity index is 937. The van der Waals surface area contributed by atoms with Crippen molar-refractivity contribution < 1.29 is 14.7 Å². The number of aromatic nitrogens is 2. The molecule has 0 bridgehead atoms. The highest BCUT2D eigenvalue weighted by Crippen LogP contribution is 2.25. The second-order valence-corrected chi connectivity index (χ2v) is 6.71. The van der Waals surface area contributed by atoms with Gasteiger partial charge in [0.15, 0.2) is 0 Å². The predicted molar refractivity (Wildman–Crippen MR) is 116 cm³/mol. The lowest BCUT2D eigenvalue weighted by molar-refractivity contribution is -0.115. The summed E-state index contributed by atoms with van der Waals surface area (Å²) in [4.78, 5) is 30.3. The van der Waals surface area contributed by atoms with Crippen molar-refractivity contribution in [3.63, 3.8) is 0 Å². The van der Waals surface area contributed by atoms with Gasteiger partial charge in [0.1, 0.15) is 12.1 Å². The first kappa shape index (κ1) is 22.6. The van der Waals surface area contributed by atoms with E-state index in [0.29, 0.717) is 11.5 Å². The second kappa shape index (κ2) is 10.6. The highest BCUT2D eigenvalue weighted by Gasteiger charge is 2.07. The molecule has 0 radical (unpaired) electrons. The Kier molecular flexibility index (Phi) is 8.89. The number of hydrogen-bond acceptors (Lipinski definition) is 5. The number of fused-ring (bicyclic) bond motifs is 1. The van der Waals surface area contributed by atoms with E-state index in [1.54, 1.807) is 38.4 Å². The molecule has 0 aliphatic carbocycles. The minimum Gasteiger partial charge on any atom is -0.478 e. The van der Waals surface area contributed by atoms with E-state index in [1.807, 2.05) is 18.2 Å². The Morgan fingerprint density at radius 1 is 1.19 bits per heavy atom. The molecule has 2 N–H and O–H groups in total. The third-order valence-corrected chi connectivity index (χ3v) is 3.85. The molecule has 0 fully saturated rings. The maximum Gasteiger partial charge on any atom is 0.335 e. The maximum absolute atomic E-state index is 11.0. The molecule has 0 atom stereocenters. The number of carbonyl (C=O) groups is 2. The first-order valence-corrected chi connectivity index (χ1v) is 8.61. The van der Waals surface area contributed by atoms with Crippen LogP contribution in [0.4, 0.5) is 11.5 Å². The van der Waals surface area contributed by atoms with Crippen molar-refractivity contribution in [3.8, 4) is 0 Å². The van der Waals surface area contributed by atoms with Gasteiger partial charge in [0.2, 0.25) is 6.41 Å². The highest BCUT2D eigenvalue weighted by molar-refractivity contribution is 14.1. The molecule has 27 heavy (non-hydrogen) atoms. The van der Waals surface area contributed by atoms with E-state index >= 15 is 0 Å². The molecule has 0 saturated heterocycles. The number of nitrogens with zero attached hydrogens (tertiary/aromatic N) is 3. The average molecular weight is 501 g/mol. The van der Waals surface area contributed by atoms with E-state index in [2.05, 4.69) is 37.9 Å². The number of aromatic carboxylic acids is 1. The van der Waals surface area contributed by atoms with Gasteiger partial charge in [-0.1, -0.05) is 6.07 Å². The van der Waals surface area contributed by atoms with Crippen LogP contribution in [0.3, 0.4) is 0 Å². The Balaban J connectivity index is 0.000000542. The molecular weight excluding hydrogens is 483 g/mol. The number of rotatable bonds is 4. The lowest BCUT2D eigenvalue weighted by Gasteiger charge is -2.09. The summed E-state index contributed by atoms with van der Waals surface area (Å²) in [5.41, 5.74) is 1.74. The number of anilines is 2. The number of benzene rings is 2. The summed E-state index contributed by atoms with van der Waals surface area (Å²) in [5, 5.41) is 13.1. The summed E-state index contributed by atoms with van der Waals surface area (Å²) >= 11 is 2.23. The zero-order chi connectivity index (χ0) is 19.1. The molecule has 1 amide bonds. The summed E-state index contributed by atoms with van der Waals surface area (Å²) < 4.78 is 1.08. The number of amides is 1. The predicted octanol–water partition coefficient (Wildman–Crippen LogP) is 3.80. The summed E-state index contributed by atoms with van der Waals surface area (Å²) in [6.45, 7) is 0. The summed E-state index contributed by atoms with van der Waals surface area (Å²) in [6, 6.07) is 12.5. The second-order valence-electron chi connectivity index (χ2n) is 5.46. The van der Waals surface area contributed by atoms with Crippen LogP contribution in [0.25, 0.3) is 10.9 Å². The third kappa shape index (κ3) is 6.65. The van der Waals surface area contributed by atoms with Crippen molar-refractivity contribution in [1.82, 2.24) is 14.9 Å². The Hall–Kier alpha value is -2.46. The van der Waals surface area contributed by atoms with Gasteiger partial charge in [-0.3, -0.25) is 4.79 Å². The zero-order valence-corrected chi connectivity index (χ0v) is 17.6. The van der Waals surface area contributed by atoms with Gasteiger partial charge in [-0.25, -0.2) is 14.8 Å². The van der Waals surface area contributed by atoms with Crippen LogP contribution in [0, 0.1) is 3.57 Å². The number of carboxylic acids is 1. The molecule has 7 nitrogen and oxygen atoms in total. The third-order valence-electron chi connectivity index (χ3n) is 3.18. The first-order valence-electron chi connectivity index (χ1n) is 7.53. The molecule has 1 heterocycles. The van der Waals surface area contributed by atoms with Crippen molar-refractivity contribution >= 4 is 69.8 Å². The molecule has 3 rings (SSSR count). The maximum atomic E-state index is 11.0. The monoisotopic (exact) mass is 500 g/mol. The number of hydrogen-bond donors (Lipinski definition) is 2. The zero-order valence-electron chi connectivity index (χ0n) is 14.6. The topological polar surface area (TPSA) is 95.4 Å². The van der Waals surface area contributed by atoms with Crippen LogP contribution in [-0.4, -0.2) is 46.4 Å². The molecule has 3 aromatic rings. The van der Waals surface area contributed by atoms with E-state index in [4.69, 9.17) is 5.11 Å². The minimum atomic E-state index is -0.958. The van der Waals surface area contributed by atoms with Crippen LogP contribution >= 0.6 is 35.0 Å². The Labute approximate surface area is 176 Å². The van der Waals surface area contributed by atoms with E-state index < -0.39 is 5.97 Å². The van der Waals surface area contributed by atoms with E-state index in [-0.39, 0.29) is 18.0 Å². The smallest absolute Gasteiger partial charge is 0.335 e. The van der Waals surface area contributed by atoms with Gasteiger partial charge in [-0.15, -0.1) is 12.4 Å². The lowest BCUT2D eigenvalue weighted by Crippen LogP contribution is -2.06. The van der Waals surface area contributed by atoms with Crippen LogP contribution in [0.2, 0.25) is 0 Å². The first-order chi connectivity index (χ1) is 12.4. The molecule has 0 spiro atoms. The van der Waals surface area contributed by atoms with Crippen molar-refractivity contribution in [2.75, 3.05) is 19.4 Å². The normalized spacial score (nSPS) is 9.44. The molecule has 0 saturated carbocycles. The summed E-state index contributed by atoms with van der Waals surface area (Å²) in [6.07, 6.45) is 2.23. The molecule has 142 valence electrons. The van der Waals surface area contributed by atoms with E-state index in [0.717, 1.165) is 20.9 Å². The van der Waals surface area contributed by atoms with Gasteiger partial charge in [-0.05, 0) is 59.0 Å². The fraction of sp³-hybridized carbons (Fsp3) is 0.111. The highest BCUT2D eigenvalue weighted by atomic mass is 127. The molecule has 0 unspecified atom stereocenters. The quantitative estimate of drug-likeness (QED) is 0.418. The van der Waals surface area contributed by atoms with Crippen LogP contribution in [0.1, 0.15) is 10.4 Å². The lowest BCUT2D eigenvalue weighted by atomic mass is 10.2. The van der Waals surface area contributed by atoms with Crippen molar-refractivity contribution in [2.45, 2.75) is 0 Å². The van der Waals surface area contributed by atoms with Crippen LogP contribution < -0.4 is 5.32 Å². The fourth-order valence-corrected chi connectivity index (χ4v) is 2.49. The number of carbonyl (C=O) groups excluding carboxylic acids is 1. The van der Waals surface area contributed by atoms with Gasteiger partial charge < -0.3 is 15.3 Å².